The van der Waals surface area contributed by atoms with Gasteiger partial charge in [0, 0.05) is 35.8 Å². The van der Waals surface area contributed by atoms with Crippen molar-refractivity contribution in [3.63, 3.8) is 0 Å². The van der Waals surface area contributed by atoms with Crippen LogP contribution >= 0.6 is 11.6 Å². The molecule has 0 aliphatic heterocycles. The average Bonchev–Trinajstić information content (AvgIpc) is 2.99. The van der Waals surface area contributed by atoms with Crippen LogP contribution in [0.25, 0.3) is 0 Å². The summed E-state index contributed by atoms with van der Waals surface area (Å²) in [5.74, 6) is -2.40. The van der Waals surface area contributed by atoms with Crippen molar-refractivity contribution in [2.75, 3.05) is 24.5 Å². The number of hydrogen-bond acceptors (Lipinski definition) is 5. The van der Waals surface area contributed by atoms with Gasteiger partial charge in [-0.1, -0.05) is 29.8 Å². The lowest BCUT2D eigenvalue weighted by atomic mass is 10.2. The van der Waals surface area contributed by atoms with Crippen molar-refractivity contribution in [1.29, 1.82) is 0 Å². The highest BCUT2D eigenvalue weighted by molar-refractivity contribution is 7.92. The fraction of sp³-hybridized carbons (Fsp3) is 0.194. The summed E-state index contributed by atoms with van der Waals surface area (Å²) in [4.78, 5) is 13.9. The highest BCUT2D eigenvalue weighted by Crippen LogP contribution is 2.32. The number of para-hydroxylation sites is 1. The number of halogens is 6. The van der Waals surface area contributed by atoms with Gasteiger partial charge in [-0.25, -0.2) is 17.2 Å². The lowest BCUT2D eigenvalue weighted by Gasteiger charge is -2.26. The molecule has 4 aromatic carbocycles. The van der Waals surface area contributed by atoms with E-state index in [0.29, 0.717) is 12.0 Å². The fourth-order valence-corrected chi connectivity index (χ4v) is 5.81. The van der Waals surface area contributed by atoms with Crippen LogP contribution in [-0.2, 0) is 16.6 Å². The smallest absolute Gasteiger partial charge is 0.493 e. The molecule has 7 nitrogen and oxygen atoms in total. The van der Waals surface area contributed by atoms with Gasteiger partial charge in [-0.15, -0.1) is 13.2 Å². The summed E-state index contributed by atoms with van der Waals surface area (Å²) in [6.45, 7) is -0.105. The van der Waals surface area contributed by atoms with Crippen LogP contribution in [0.2, 0.25) is 5.02 Å². The molecule has 45 heavy (non-hydrogen) atoms. The second-order valence-corrected chi connectivity index (χ2v) is 12.0. The van der Waals surface area contributed by atoms with Crippen molar-refractivity contribution < 1.29 is 44.6 Å². The summed E-state index contributed by atoms with van der Waals surface area (Å²) in [6, 6.07) is 18.7. The van der Waals surface area contributed by atoms with Crippen molar-refractivity contribution >= 4 is 33.2 Å². The Morgan fingerprint density at radius 3 is 2.24 bits per heavy atom. The zero-order valence-electron chi connectivity index (χ0n) is 23.6. The Kier molecular flexibility index (Phi) is 10.6. The first-order valence-electron chi connectivity index (χ1n) is 13.3. The minimum atomic E-state index is -4.85. The van der Waals surface area contributed by atoms with Crippen LogP contribution in [0.4, 0.5) is 27.6 Å². The predicted octanol–water partition coefficient (Wildman–Crippen LogP) is 7.45. The minimum absolute atomic E-state index is 0.0885. The summed E-state index contributed by atoms with van der Waals surface area (Å²) in [7, 11) is -2.89. The topological polar surface area (TPSA) is 76.2 Å². The summed E-state index contributed by atoms with van der Waals surface area (Å²) >= 11 is 5.91. The minimum Gasteiger partial charge on any atom is -0.493 e. The van der Waals surface area contributed by atoms with Crippen molar-refractivity contribution in [2.24, 2.45) is 0 Å². The maximum atomic E-state index is 14.9. The molecule has 0 heterocycles. The molecule has 0 saturated carbocycles. The molecule has 4 rings (SSSR count). The van der Waals surface area contributed by atoms with Gasteiger partial charge in [0.25, 0.3) is 15.9 Å². The van der Waals surface area contributed by atoms with Crippen LogP contribution in [-0.4, -0.2) is 45.8 Å². The molecule has 0 saturated heterocycles. The van der Waals surface area contributed by atoms with Crippen molar-refractivity contribution in [3.8, 4) is 11.5 Å². The van der Waals surface area contributed by atoms with E-state index in [9.17, 15) is 35.2 Å². The van der Waals surface area contributed by atoms with Gasteiger partial charge in [0.15, 0.2) is 0 Å². The van der Waals surface area contributed by atoms with Gasteiger partial charge >= 0.3 is 6.36 Å². The third kappa shape index (κ3) is 8.85. The van der Waals surface area contributed by atoms with Gasteiger partial charge < -0.3 is 14.4 Å². The maximum Gasteiger partial charge on any atom is 0.573 e. The van der Waals surface area contributed by atoms with Crippen LogP contribution in [0.15, 0.2) is 95.9 Å². The Morgan fingerprint density at radius 2 is 1.58 bits per heavy atom. The van der Waals surface area contributed by atoms with E-state index < -0.39 is 51.9 Å². The van der Waals surface area contributed by atoms with E-state index in [2.05, 4.69) is 4.74 Å². The first kappa shape index (κ1) is 33.5. The van der Waals surface area contributed by atoms with Gasteiger partial charge in [-0.05, 0) is 73.2 Å². The predicted molar refractivity (Wildman–Crippen MR) is 158 cm³/mol. The molecule has 0 spiro atoms. The fourth-order valence-electron chi connectivity index (χ4n) is 4.25. The van der Waals surface area contributed by atoms with E-state index in [1.165, 1.54) is 48.3 Å². The summed E-state index contributed by atoms with van der Waals surface area (Å²) in [5, 5.41) is 0.289. The molecule has 0 bridgehead atoms. The zero-order chi connectivity index (χ0) is 32.8. The monoisotopic (exact) mass is 668 g/mol. The van der Waals surface area contributed by atoms with E-state index in [1.54, 1.807) is 24.3 Å². The Bertz CT molecular complexity index is 1740. The molecule has 238 valence electrons. The summed E-state index contributed by atoms with van der Waals surface area (Å²) in [6.07, 6.45) is -4.52. The number of benzene rings is 4. The number of ether oxygens (including phenoxy) is 2. The van der Waals surface area contributed by atoms with Gasteiger partial charge in [0.2, 0.25) is 0 Å². The standard InChI is InChI=1S/C31H26ClF5N2O5S/c1-38(30(40)21-7-12-25(13-8-21)44-31(35,36)37)17-4-18-43-29-6-3-2-5-22(29)20-39(28-19-24(33)11-16-27(28)34)45(41,42)26-14-9-23(32)10-15-26/h2-3,5-16,19H,4,17-18,20H2,1H3. The van der Waals surface area contributed by atoms with Crippen LogP contribution in [0.1, 0.15) is 22.3 Å². The number of carbonyl (C=O) groups is 1. The number of rotatable bonds is 12. The molecule has 0 aliphatic carbocycles. The van der Waals surface area contributed by atoms with E-state index in [4.69, 9.17) is 16.3 Å². The number of anilines is 1. The largest absolute Gasteiger partial charge is 0.573 e. The first-order chi connectivity index (χ1) is 21.2. The van der Waals surface area contributed by atoms with Gasteiger partial charge in [-0.2, -0.15) is 0 Å². The van der Waals surface area contributed by atoms with Gasteiger partial charge in [0.1, 0.15) is 23.1 Å². The molecular formula is C31H26ClF5N2O5S. The number of nitrogens with zero attached hydrogens (tertiary/aromatic N) is 2. The Hall–Kier alpha value is -4.36. The van der Waals surface area contributed by atoms with Crippen LogP contribution in [0.3, 0.4) is 0 Å². The normalized spacial score (nSPS) is 11.6. The quantitative estimate of drug-likeness (QED) is 0.116. The molecule has 14 heteroatoms. The Morgan fingerprint density at radius 1 is 0.911 bits per heavy atom. The molecule has 1 amide bonds. The van der Waals surface area contributed by atoms with Crippen molar-refractivity contribution in [2.45, 2.75) is 24.2 Å². The molecular weight excluding hydrogens is 643 g/mol. The molecule has 0 atom stereocenters. The van der Waals surface area contributed by atoms with Crippen molar-refractivity contribution in [3.05, 3.63) is 119 Å². The third-order valence-corrected chi connectivity index (χ3v) is 8.47. The molecule has 0 radical (unpaired) electrons. The maximum absolute atomic E-state index is 14.9. The molecule has 4 aromatic rings. The number of hydrogen-bond donors (Lipinski definition) is 0. The second kappa shape index (κ2) is 14.2. The third-order valence-electron chi connectivity index (χ3n) is 6.44. The van der Waals surface area contributed by atoms with E-state index >= 15 is 0 Å². The number of amides is 1. The van der Waals surface area contributed by atoms with Crippen LogP contribution < -0.4 is 13.8 Å². The van der Waals surface area contributed by atoms with E-state index in [1.807, 2.05) is 0 Å². The molecule has 0 N–H and O–H groups in total. The molecule has 0 fully saturated rings. The SMILES string of the molecule is CN(CCCOc1ccccc1CN(c1cc(F)ccc1F)S(=O)(=O)c1ccc(Cl)cc1)C(=O)c1ccc(OC(F)(F)F)cc1. The number of sulfonamides is 1. The lowest BCUT2D eigenvalue weighted by Crippen LogP contribution is -2.31. The number of alkyl halides is 3. The average molecular weight is 669 g/mol. The van der Waals surface area contributed by atoms with Crippen molar-refractivity contribution in [1.82, 2.24) is 4.90 Å². The Labute approximate surface area is 261 Å². The molecule has 0 aliphatic rings. The Balaban J connectivity index is 1.46. The molecule has 0 aromatic heterocycles. The highest BCUT2D eigenvalue weighted by atomic mass is 35.5. The first-order valence-corrected chi connectivity index (χ1v) is 15.1. The van der Waals surface area contributed by atoms with Crippen LogP contribution in [0.5, 0.6) is 11.5 Å². The second-order valence-electron chi connectivity index (χ2n) is 9.67. The van der Waals surface area contributed by atoms with Crippen LogP contribution in [0, 0.1) is 11.6 Å². The van der Waals surface area contributed by atoms with Gasteiger partial charge in [-0.3, -0.25) is 9.10 Å². The molecule has 0 unspecified atom stereocenters. The lowest BCUT2D eigenvalue weighted by molar-refractivity contribution is -0.274. The summed E-state index contributed by atoms with van der Waals surface area (Å²) < 4.78 is 104. The van der Waals surface area contributed by atoms with E-state index in [-0.39, 0.29) is 34.4 Å². The van der Waals surface area contributed by atoms with Gasteiger partial charge in [0.05, 0.1) is 23.7 Å². The highest BCUT2D eigenvalue weighted by Gasteiger charge is 2.31. The summed E-state index contributed by atoms with van der Waals surface area (Å²) in [5.41, 5.74) is 0.00652. The zero-order valence-corrected chi connectivity index (χ0v) is 25.2. The van der Waals surface area contributed by atoms with E-state index in [0.717, 1.165) is 34.6 Å². The number of carbonyl (C=O) groups excluding carboxylic acids is 1.